The molecule has 0 bridgehead atoms. The highest BCUT2D eigenvalue weighted by molar-refractivity contribution is 6.18. The predicted molar refractivity (Wildman–Crippen MR) is 114 cm³/mol. The van der Waals surface area contributed by atoms with E-state index in [1.54, 1.807) is 0 Å². The maximum Gasteiger partial charge on any atom is 0.433 e. The van der Waals surface area contributed by atoms with Gasteiger partial charge in [-0.1, -0.05) is 13.0 Å². The van der Waals surface area contributed by atoms with Crippen LogP contribution in [0.2, 0.25) is 0 Å². The van der Waals surface area contributed by atoms with Crippen molar-refractivity contribution in [3.05, 3.63) is 83.0 Å². The van der Waals surface area contributed by atoms with Crippen LogP contribution >= 0.6 is 0 Å². The molecular weight excluding hydrogens is 519 g/mol. The Morgan fingerprint density at radius 3 is 2.08 bits per heavy atom. The summed E-state index contributed by atoms with van der Waals surface area (Å²) < 4.78 is 119. The average Bonchev–Trinajstić information content (AvgIpc) is 2.96. The van der Waals surface area contributed by atoms with Crippen molar-refractivity contribution in [3.8, 4) is 0 Å². The molecule has 198 valence electrons. The van der Waals surface area contributed by atoms with E-state index >= 15 is 0 Å². The quantitative estimate of drug-likeness (QED) is 0.373. The van der Waals surface area contributed by atoms with Gasteiger partial charge in [0.2, 0.25) is 0 Å². The summed E-state index contributed by atoms with van der Waals surface area (Å²) in [5.41, 5.74) is -0.466. The van der Waals surface area contributed by atoms with Gasteiger partial charge in [0.15, 0.2) is 0 Å². The lowest BCUT2D eigenvalue weighted by Crippen LogP contribution is -2.19. The zero-order valence-electron chi connectivity index (χ0n) is 18.7. The predicted octanol–water partition coefficient (Wildman–Crippen LogP) is 6.22. The molecule has 0 spiro atoms. The maximum absolute atomic E-state index is 13.3. The van der Waals surface area contributed by atoms with Crippen molar-refractivity contribution < 1.29 is 44.3 Å². The third-order valence-corrected chi connectivity index (χ3v) is 5.21. The van der Waals surface area contributed by atoms with Crippen LogP contribution in [0.25, 0.3) is 5.57 Å². The lowest BCUT2D eigenvalue weighted by Gasteiger charge is -2.19. The van der Waals surface area contributed by atoms with E-state index in [9.17, 15) is 44.3 Å². The molecule has 2 N–H and O–H groups in total. The van der Waals surface area contributed by atoms with Crippen molar-refractivity contribution in [1.29, 1.82) is 0 Å². The first-order chi connectivity index (χ1) is 17.0. The second-order valence-corrected chi connectivity index (χ2v) is 8.02. The number of hydrogen-bond acceptors (Lipinski definition) is 4. The highest BCUT2D eigenvalue weighted by Crippen LogP contribution is 2.37. The van der Waals surface area contributed by atoms with Crippen LogP contribution in [0.15, 0.2) is 60.1 Å². The summed E-state index contributed by atoms with van der Waals surface area (Å²) in [7, 11) is 0. The van der Waals surface area contributed by atoms with E-state index in [0.29, 0.717) is 18.2 Å². The van der Waals surface area contributed by atoms with Gasteiger partial charge in [-0.15, -0.1) is 0 Å². The number of halogens is 9. The third-order valence-electron chi connectivity index (χ3n) is 5.21. The number of carbonyl (C=O) groups excluding carboxylic acids is 1. The number of nitrogens with two attached hydrogens (primary N) is 1. The van der Waals surface area contributed by atoms with E-state index in [4.69, 9.17) is 5.73 Å². The van der Waals surface area contributed by atoms with Gasteiger partial charge in [0.05, 0.1) is 22.4 Å². The summed E-state index contributed by atoms with van der Waals surface area (Å²) in [4.78, 5) is 15.2. The van der Waals surface area contributed by atoms with Gasteiger partial charge >= 0.3 is 18.5 Å². The first-order valence-corrected chi connectivity index (χ1v) is 10.4. The number of benzene rings is 1. The standard InChI is InChI=1S/C23H17F9N4O/c1-12-3-2-6-36(11-17(20(33)37)13-4-5-34-18(9-13)23(30,31)32)35-19(12)14-7-15(21(24,25)26)10-16(8-14)22(27,28)29/h2,4-12H,3H2,1H3,(H2,33,37). The Hall–Kier alpha value is -3.84. The Bertz CT molecular complexity index is 1240. The van der Waals surface area contributed by atoms with E-state index in [-0.39, 0.29) is 23.8 Å². The smallest absolute Gasteiger partial charge is 0.366 e. The minimum atomic E-state index is -5.08. The fraction of sp³-hybridized carbons (Fsp3) is 0.261. The summed E-state index contributed by atoms with van der Waals surface area (Å²) in [6.07, 6.45) is -10.4. The molecule has 1 aliphatic heterocycles. The fourth-order valence-electron chi connectivity index (χ4n) is 3.42. The first kappa shape index (κ1) is 27.7. The zero-order valence-corrected chi connectivity index (χ0v) is 18.7. The molecule has 1 aromatic heterocycles. The van der Waals surface area contributed by atoms with E-state index in [1.807, 2.05) is 0 Å². The number of hydrazone groups is 1. The maximum atomic E-state index is 13.3. The van der Waals surface area contributed by atoms with E-state index in [0.717, 1.165) is 23.5 Å². The Morgan fingerprint density at radius 2 is 1.57 bits per heavy atom. The van der Waals surface area contributed by atoms with Gasteiger partial charge in [-0.3, -0.25) is 9.78 Å². The number of allylic oxidation sites excluding steroid dienone is 1. The minimum Gasteiger partial charge on any atom is -0.366 e. The molecule has 2 heterocycles. The molecule has 1 aromatic carbocycles. The zero-order chi connectivity index (χ0) is 27.8. The monoisotopic (exact) mass is 536 g/mol. The average molecular weight is 536 g/mol. The van der Waals surface area contributed by atoms with Crippen LogP contribution in [0.4, 0.5) is 39.5 Å². The molecular formula is C23H17F9N4O. The number of carbonyl (C=O) groups is 1. The molecule has 0 saturated heterocycles. The first-order valence-electron chi connectivity index (χ1n) is 10.4. The molecule has 3 rings (SSSR count). The Balaban J connectivity index is 2.16. The lowest BCUT2D eigenvalue weighted by atomic mass is 9.93. The van der Waals surface area contributed by atoms with Crippen LogP contribution < -0.4 is 5.73 Å². The SMILES string of the molecule is CC1CC=CN(C=C(C(N)=O)c2ccnc(C(F)(F)F)c2)N=C1c1cc(C(F)(F)F)cc(C(F)(F)F)c1. The van der Waals surface area contributed by atoms with Crippen LogP contribution in [0.3, 0.4) is 0 Å². The molecule has 37 heavy (non-hydrogen) atoms. The van der Waals surface area contributed by atoms with E-state index in [1.165, 1.54) is 19.2 Å². The Labute approximate surface area is 203 Å². The summed E-state index contributed by atoms with van der Waals surface area (Å²) >= 11 is 0. The van der Waals surface area contributed by atoms with Crippen molar-refractivity contribution in [2.24, 2.45) is 16.8 Å². The van der Waals surface area contributed by atoms with Gasteiger partial charge < -0.3 is 5.73 Å². The van der Waals surface area contributed by atoms with Crippen LogP contribution in [0.5, 0.6) is 0 Å². The molecule has 1 unspecified atom stereocenters. The summed E-state index contributed by atoms with van der Waals surface area (Å²) in [6.45, 7) is 1.51. The van der Waals surface area contributed by atoms with Crippen molar-refractivity contribution in [1.82, 2.24) is 9.99 Å². The Morgan fingerprint density at radius 1 is 0.973 bits per heavy atom. The number of nitrogens with zero attached hydrogens (tertiary/aromatic N) is 3. The third kappa shape index (κ3) is 6.68. The number of pyridine rings is 1. The van der Waals surface area contributed by atoms with E-state index in [2.05, 4.69) is 10.1 Å². The topological polar surface area (TPSA) is 71.6 Å². The van der Waals surface area contributed by atoms with Gasteiger partial charge in [-0.05, 0) is 47.9 Å². The molecule has 5 nitrogen and oxygen atoms in total. The van der Waals surface area contributed by atoms with Gasteiger partial charge in [0.25, 0.3) is 5.91 Å². The molecule has 1 aliphatic rings. The number of rotatable bonds is 4. The molecule has 0 aliphatic carbocycles. The number of alkyl halides is 9. The van der Waals surface area contributed by atoms with Gasteiger partial charge in [-0.2, -0.15) is 44.6 Å². The molecule has 1 amide bonds. The largest absolute Gasteiger partial charge is 0.433 e. The highest BCUT2D eigenvalue weighted by atomic mass is 19.4. The highest BCUT2D eigenvalue weighted by Gasteiger charge is 2.38. The van der Waals surface area contributed by atoms with Crippen LogP contribution in [0.1, 0.15) is 41.3 Å². The minimum absolute atomic E-state index is 0.0196. The summed E-state index contributed by atoms with van der Waals surface area (Å²) in [5, 5.41) is 4.99. The van der Waals surface area contributed by atoms with E-state index < -0.39 is 58.3 Å². The van der Waals surface area contributed by atoms with Crippen molar-refractivity contribution in [2.75, 3.05) is 0 Å². The summed E-state index contributed by atoms with van der Waals surface area (Å²) in [6, 6.07) is 2.65. The molecule has 0 radical (unpaired) electrons. The molecule has 14 heteroatoms. The van der Waals surface area contributed by atoms with Crippen molar-refractivity contribution >= 4 is 17.2 Å². The van der Waals surface area contributed by atoms with Crippen molar-refractivity contribution in [3.63, 3.8) is 0 Å². The lowest BCUT2D eigenvalue weighted by molar-refractivity contribution is -0.143. The van der Waals surface area contributed by atoms with Gasteiger partial charge in [0, 0.05) is 24.5 Å². The second kappa shape index (κ2) is 9.90. The second-order valence-electron chi connectivity index (χ2n) is 8.02. The van der Waals surface area contributed by atoms with Crippen molar-refractivity contribution in [2.45, 2.75) is 31.9 Å². The van der Waals surface area contributed by atoms with Gasteiger partial charge in [-0.25, -0.2) is 5.01 Å². The van der Waals surface area contributed by atoms with Crippen LogP contribution in [0, 0.1) is 5.92 Å². The molecule has 0 saturated carbocycles. The number of amides is 1. The number of hydrogen-bond donors (Lipinski definition) is 1. The molecule has 0 fully saturated rings. The summed E-state index contributed by atoms with van der Waals surface area (Å²) in [5.74, 6) is -1.84. The molecule has 2 aromatic rings. The normalized spacial score (nSPS) is 17.5. The van der Waals surface area contributed by atoms with Crippen LogP contribution in [-0.2, 0) is 23.3 Å². The Kier molecular flexibility index (Phi) is 7.42. The number of primary amides is 1. The fourth-order valence-corrected chi connectivity index (χ4v) is 3.42. The van der Waals surface area contributed by atoms with Gasteiger partial charge in [0.1, 0.15) is 5.69 Å². The van der Waals surface area contributed by atoms with Crippen LogP contribution in [-0.4, -0.2) is 21.6 Å². The molecule has 1 atom stereocenters. The number of aromatic nitrogens is 1.